The lowest BCUT2D eigenvalue weighted by atomic mass is 10.1. The number of hydrogen-bond acceptors (Lipinski definition) is 2. The van der Waals surface area contributed by atoms with Crippen molar-refractivity contribution in [1.82, 2.24) is 10.2 Å². The molecule has 1 rings (SSSR count). The number of benzene rings is 1. The standard InChI is InChI=1S/C15H22N2O2/c1-3-17(4-2)15(19)10-11-16-14(18)12-13-8-6-5-7-9-13/h5-9H,3-4,10-12H2,1-2H3,(H,16,18). The summed E-state index contributed by atoms with van der Waals surface area (Å²) in [4.78, 5) is 25.2. The first-order valence-corrected chi connectivity index (χ1v) is 6.75. The van der Waals surface area contributed by atoms with Gasteiger partial charge in [0, 0.05) is 26.1 Å². The highest BCUT2D eigenvalue weighted by Crippen LogP contribution is 1.99. The average molecular weight is 262 g/mol. The van der Waals surface area contributed by atoms with E-state index in [9.17, 15) is 9.59 Å². The first-order chi connectivity index (χ1) is 9.17. The van der Waals surface area contributed by atoms with Crippen molar-refractivity contribution in [3.05, 3.63) is 35.9 Å². The predicted octanol–water partition coefficient (Wildman–Crippen LogP) is 1.60. The lowest BCUT2D eigenvalue weighted by Crippen LogP contribution is -2.34. The molecular formula is C15H22N2O2. The first kappa shape index (κ1) is 15.2. The van der Waals surface area contributed by atoms with E-state index >= 15 is 0 Å². The van der Waals surface area contributed by atoms with E-state index in [1.54, 1.807) is 4.90 Å². The zero-order valence-electron chi connectivity index (χ0n) is 11.7. The second-order valence-corrected chi connectivity index (χ2v) is 4.33. The molecule has 0 aromatic heterocycles. The molecule has 1 aromatic rings. The van der Waals surface area contributed by atoms with Crippen LogP contribution in [0.25, 0.3) is 0 Å². The molecule has 0 unspecified atom stereocenters. The summed E-state index contributed by atoms with van der Waals surface area (Å²) in [6.07, 6.45) is 0.725. The van der Waals surface area contributed by atoms with Gasteiger partial charge in [-0.15, -0.1) is 0 Å². The van der Waals surface area contributed by atoms with Crippen LogP contribution in [0, 0.1) is 0 Å². The molecule has 0 aliphatic carbocycles. The molecule has 0 spiro atoms. The number of nitrogens with one attached hydrogen (secondary N) is 1. The van der Waals surface area contributed by atoms with Crippen LogP contribution >= 0.6 is 0 Å². The fourth-order valence-electron chi connectivity index (χ4n) is 1.89. The van der Waals surface area contributed by atoms with Crippen molar-refractivity contribution in [2.24, 2.45) is 0 Å². The van der Waals surface area contributed by atoms with E-state index in [1.807, 2.05) is 44.2 Å². The van der Waals surface area contributed by atoms with Crippen LogP contribution in [0.5, 0.6) is 0 Å². The maximum Gasteiger partial charge on any atom is 0.224 e. The van der Waals surface area contributed by atoms with Crippen LogP contribution in [0.3, 0.4) is 0 Å². The first-order valence-electron chi connectivity index (χ1n) is 6.75. The quantitative estimate of drug-likeness (QED) is 0.811. The summed E-state index contributed by atoms with van der Waals surface area (Å²) in [6.45, 7) is 5.74. The minimum Gasteiger partial charge on any atom is -0.355 e. The van der Waals surface area contributed by atoms with Crippen LogP contribution in [0.1, 0.15) is 25.8 Å². The third-order valence-electron chi connectivity index (χ3n) is 2.98. The summed E-state index contributed by atoms with van der Waals surface area (Å²) in [6, 6.07) is 9.57. The minimum absolute atomic E-state index is 0.0430. The summed E-state index contributed by atoms with van der Waals surface area (Å²) < 4.78 is 0. The number of carbonyl (C=O) groups is 2. The van der Waals surface area contributed by atoms with Gasteiger partial charge in [-0.2, -0.15) is 0 Å². The molecule has 0 radical (unpaired) electrons. The molecule has 1 aromatic carbocycles. The molecule has 1 N–H and O–H groups in total. The van der Waals surface area contributed by atoms with Gasteiger partial charge in [0.25, 0.3) is 0 Å². The molecule has 104 valence electrons. The SMILES string of the molecule is CCN(CC)C(=O)CCNC(=O)Cc1ccccc1. The van der Waals surface area contributed by atoms with Crippen molar-refractivity contribution in [2.75, 3.05) is 19.6 Å². The lowest BCUT2D eigenvalue weighted by molar-refractivity contribution is -0.130. The Labute approximate surface area is 114 Å². The van der Waals surface area contributed by atoms with Crippen molar-refractivity contribution in [1.29, 1.82) is 0 Å². The van der Waals surface area contributed by atoms with Gasteiger partial charge in [-0.05, 0) is 19.4 Å². The van der Waals surface area contributed by atoms with Crippen molar-refractivity contribution >= 4 is 11.8 Å². The molecule has 0 heterocycles. The fourth-order valence-corrected chi connectivity index (χ4v) is 1.89. The Hall–Kier alpha value is -1.84. The average Bonchev–Trinajstić information content (AvgIpc) is 2.41. The van der Waals surface area contributed by atoms with Gasteiger partial charge in [-0.1, -0.05) is 30.3 Å². The number of amides is 2. The van der Waals surface area contributed by atoms with Crippen molar-refractivity contribution < 1.29 is 9.59 Å². The third-order valence-corrected chi connectivity index (χ3v) is 2.98. The van der Waals surface area contributed by atoms with Gasteiger partial charge in [0.1, 0.15) is 0 Å². The van der Waals surface area contributed by atoms with E-state index in [2.05, 4.69) is 5.32 Å². The van der Waals surface area contributed by atoms with E-state index in [0.717, 1.165) is 5.56 Å². The second kappa shape index (κ2) is 8.29. The van der Waals surface area contributed by atoms with Gasteiger partial charge >= 0.3 is 0 Å². The van der Waals surface area contributed by atoms with Crippen LogP contribution in [-0.4, -0.2) is 36.3 Å². The molecule has 0 atom stereocenters. The molecule has 4 heteroatoms. The maximum atomic E-state index is 11.7. The Morgan fingerprint density at radius 2 is 1.74 bits per heavy atom. The molecule has 2 amide bonds. The normalized spacial score (nSPS) is 10.0. The van der Waals surface area contributed by atoms with E-state index in [-0.39, 0.29) is 11.8 Å². The van der Waals surface area contributed by atoms with Gasteiger partial charge in [-0.25, -0.2) is 0 Å². The summed E-state index contributed by atoms with van der Waals surface area (Å²) in [5.74, 6) is 0.0450. The number of rotatable bonds is 7. The summed E-state index contributed by atoms with van der Waals surface area (Å²) >= 11 is 0. The van der Waals surface area contributed by atoms with Gasteiger partial charge in [-0.3, -0.25) is 9.59 Å². The van der Waals surface area contributed by atoms with Crippen LogP contribution in [0.15, 0.2) is 30.3 Å². The largest absolute Gasteiger partial charge is 0.355 e. The number of hydrogen-bond donors (Lipinski definition) is 1. The summed E-state index contributed by atoms with van der Waals surface area (Å²) in [5, 5.41) is 2.78. The Bertz CT molecular complexity index is 400. The van der Waals surface area contributed by atoms with E-state index in [0.29, 0.717) is 32.5 Å². The molecule has 0 saturated heterocycles. The monoisotopic (exact) mass is 262 g/mol. The maximum absolute atomic E-state index is 11.7. The zero-order valence-corrected chi connectivity index (χ0v) is 11.7. The molecule has 19 heavy (non-hydrogen) atoms. The van der Waals surface area contributed by atoms with Crippen LogP contribution in [-0.2, 0) is 16.0 Å². The molecule has 0 bridgehead atoms. The van der Waals surface area contributed by atoms with Crippen molar-refractivity contribution in [3.63, 3.8) is 0 Å². The molecule has 0 fully saturated rings. The molecule has 0 saturated carbocycles. The Morgan fingerprint density at radius 3 is 2.32 bits per heavy atom. The summed E-state index contributed by atoms with van der Waals surface area (Å²) in [5.41, 5.74) is 0.982. The molecule has 0 aliphatic rings. The fraction of sp³-hybridized carbons (Fsp3) is 0.467. The van der Waals surface area contributed by atoms with Gasteiger partial charge in [0.2, 0.25) is 11.8 Å². The van der Waals surface area contributed by atoms with Crippen LogP contribution < -0.4 is 5.32 Å². The minimum atomic E-state index is -0.0430. The smallest absolute Gasteiger partial charge is 0.224 e. The van der Waals surface area contributed by atoms with E-state index < -0.39 is 0 Å². The highest BCUT2D eigenvalue weighted by atomic mass is 16.2. The Morgan fingerprint density at radius 1 is 1.11 bits per heavy atom. The Kier molecular flexibility index (Phi) is 6.64. The van der Waals surface area contributed by atoms with E-state index in [1.165, 1.54) is 0 Å². The van der Waals surface area contributed by atoms with E-state index in [4.69, 9.17) is 0 Å². The molecule has 4 nitrogen and oxygen atoms in total. The Balaban J connectivity index is 2.26. The lowest BCUT2D eigenvalue weighted by Gasteiger charge is -2.18. The topological polar surface area (TPSA) is 49.4 Å². The van der Waals surface area contributed by atoms with Gasteiger partial charge in [0.05, 0.1) is 6.42 Å². The summed E-state index contributed by atoms with van der Waals surface area (Å²) in [7, 11) is 0. The van der Waals surface area contributed by atoms with Gasteiger partial charge in [0.15, 0.2) is 0 Å². The van der Waals surface area contributed by atoms with Gasteiger partial charge < -0.3 is 10.2 Å². The highest BCUT2D eigenvalue weighted by molar-refractivity contribution is 5.80. The van der Waals surface area contributed by atoms with Crippen molar-refractivity contribution in [2.45, 2.75) is 26.7 Å². The number of carbonyl (C=O) groups excluding carboxylic acids is 2. The molecular weight excluding hydrogens is 240 g/mol. The van der Waals surface area contributed by atoms with Crippen LogP contribution in [0.2, 0.25) is 0 Å². The third kappa shape index (κ3) is 5.55. The predicted molar refractivity (Wildman–Crippen MR) is 75.7 cm³/mol. The zero-order chi connectivity index (χ0) is 14.1. The van der Waals surface area contributed by atoms with Crippen molar-refractivity contribution in [3.8, 4) is 0 Å². The number of nitrogens with zero attached hydrogens (tertiary/aromatic N) is 1. The molecule has 0 aliphatic heterocycles. The van der Waals surface area contributed by atoms with Crippen LogP contribution in [0.4, 0.5) is 0 Å². The highest BCUT2D eigenvalue weighted by Gasteiger charge is 2.09. The second-order valence-electron chi connectivity index (χ2n) is 4.33.